The van der Waals surface area contributed by atoms with Gasteiger partial charge in [-0.25, -0.2) is 5.43 Å². The molecule has 0 radical (unpaired) electrons. The highest BCUT2D eigenvalue weighted by Gasteiger charge is 2.04. The molecule has 20 heavy (non-hydrogen) atoms. The average Bonchev–Trinajstić information content (AvgIpc) is 2.46. The Balaban J connectivity index is 2.06. The van der Waals surface area contributed by atoms with Crippen molar-refractivity contribution < 1.29 is 4.79 Å². The number of anilines is 1. The first kappa shape index (κ1) is 14.1. The maximum Gasteiger partial charge on any atom is 0.271 e. The molecule has 0 heterocycles. The molecular weight excluding hydrogens is 274 g/mol. The Kier molecular flexibility index (Phi) is 4.38. The number of rotatable bonds is 3. The fraction of sp³-hybridized carbons (Fsp3) is 0.0667. The van der Waals surface area contributed by atoms with E-state index in [-0.39, 0.29) is 5.91 Å². The fourth-order valence-corrected chi connectivity index (χ4v) is 1.72. The predicted octanol–water partition coefficient (Wildman–Crippen LogP) is 3.08. The summed E-state index contributed by atoms with van der Waals surface area (Å²) in [5, 5.41) is 4.73. The van der Waals surface area contributed by atoms with Gasteiger partial charge in [-0.2, -0.15) is 5.10 Å². The topological polar surface area (TPSA) is 67.5 Å². The van der Waals surface area contributed by atoms with Crippen molar-refractivity contribution in [1.29, 1.82) is 0 Å². The lowest BCUT2D eigenvalue weighted by molar-refractivity contribution is 0.0955. The van der Waals surface area contributed by atoms with Crippen molar-refractivity contribution in [1.82, 2.24) is 5.43 Å². The highest BCUT2D eigenvalue weighted by Crippen LogP contribution is 2.10. The van der Waals surface area contributed by atoms with Crippen LogP contribution in [0.25, 0.3) is 0 Å². The zero-order chi connectivity index (χ0) is 14.5. The molecule has 2 rings (SSSR count). The van der Waals surface area contributed by atoms with Gasteiger partial charge in [-0.05, 0) is 48.9 Å². The van der Waals surface area contributed by atoms with E-state index < -0.39 is 0 Å². The minimum Gasteiger partial charge on any atom is -0.399 e. The van der Waals surface area contributed by atoms with E-state index in [2.05, 4.69) is 10.5 Å². The van der Waals surface area contributed by atoms with Gasteiger partial charge in [0.25, 0.3) is 5.91 Å². The first-order valence-electron chi connectivity index (χ1n) is 6.02. The number of hydrogen-bond donors (Lipinski definition) is 2. The van der Waals surface area contributed by atoms with Crippen molar-refractivity contribution in [2.75, 3.05) is 5.73 Å². The Hall–Kier alpha value is -2.33. The van der Waals surface area contributed by atoms with Crippen molar-refractivity contribution in [2.45, 2.75) is 6.92 Å². The van der Waals surface area contributed by atoms with Gasteiger partial charge in [-0.1, -0.05) is 23.7 Å². The highest BCUT2D eigenvalue weighted by molar-refractivity contribution is 6.30. The summed E-state index contributed by atoms with van der Waals surface area (Å²) in [4.78, 5) is 11.9. The summed E-state index contributed by atoms with van der Waals surface area (Å²) in [6, 6.07) is 13.9. The number of halogens is 1. The summed E-state index contributed by atoms with van der Waals surface area (Å²) >= 11 is 5.82. The molecule has 2 aromatic rings. The Morgan fingerprint density at radius 3 is 2.20 bits per heavy atom. The molecule has 0 spiro atoms. The Bertz CT molecular complexity index is 633. The van der Waals surface area contributed by atoms with Crippen molar-refractivity contribution >= 4 is 28.9 Å². The van der Waals surface area contributed by atoms with Crippen LogP contribution in [0.4, 0.5) is 5.69 Å². The molecule has 0 bridgehead atoms. The number of hydrogen-bond acceptors (Lipinski definition) is 3. The number of nitrogens with one attached hydrogen (secondary N) is 1. The van der Waals surface area contributed by atoms with Gasteiger partial charge in [0.1, 0.15) is 0 Å². The maximum absolute atomic E-state index is 11.9. The van der Waals surface area contributed by atoms with Crippen molar-refractivity contribution in [3.8, 4) is 0 Å². The SMILES string of the molecule is CC(=NNC(=O)c1ccc(N)cc1)c1ccc(Cl)cc1. The monoisotopic (exact) mass is 287 g/mol. The van der Waals surface area contributed by atoms with Gasteiger partial charge in [-0.15, -0.1) is 0 Å². The van der Waals surface area contributed by atoms with Gasteiger partial charge in [0.2, 0.25) is 0 Å². The number of benzene rings is 2. The molecule has 0 atom stereocenters. The molecule has 102 valence electrons. The summed E-state index contributed by atoms with van der Waals surface area (Å²) in [6.07, 6.45) is 0. The molecule has 0 aliphatic rings. The first-order valence-corrected chi connectivity index (χ1v) is 6.40. The maximum atomic E-state index is 11.9. The van der Waals surface area contributed by atoms with Crippen LogP contribution in [0.15, 0.2) is 53.6 Å². The first-order chi connectivity index (χ1) is 9.56. The molecule has 0 unspecified atom stereocenters. The number of nitrogens with zero attached hydrogens (tertiary/aromatic N) is 1. The van der Waals surface area contributed by atoms with E-state index >= 15 is 0 Å². The Labute approximate surface area is 122 Å². The molecule has 0 fully saturated rings. The van der Waals surface area contributed by atoms with E-state index in [4.69, 9.17) is 17.3 Å². The third-order valence-corrected chi connectivity index (χ3v) is 3.01. The van der Waals surface area contributed by atoms with Crippen LogP contribution in [-0.2, 0) is 0 Å². The molecule has 0 aliphatic heterocycles. The quantitative estimate of drug-likeness (QED) is 0.517. The second-order valence-corrected chi connectivity index (χ2v) is 4.70. The van der Waals surface area contributed by atoms with Crippen molar-refractivity contribution in [3.63, 3.8) is 0 Å². The highest BCUT2D eigenvalue weighted by atomic mass is 35.5. The Morgan fingerprint density at radius 2 is 1.60 bits per heavy atom. The summed E-state index contributed by atoms with van der Waals surface area (Å²) < 4.78 is 0. The van der Waals surface area contributed by atoms with Crippen LogP contribution in [-0.4, -0.2) is 11.6 Å². The van der Waals surface area contributed by atoms with E-state index in [0.717, 1.165) is 5.56 Å². The molecule has 4 nitrogen and oxygen atoms in total. The van der Waals surface area contributed by atoms with E-state index in [0.29, 0.717) is 22.0 Å². The molecule has 5 heteroatoms. The molecule has 1 amide bonds. The number of nitrogen functional groups attached to an aromatic ring is 1. The smallest absolute Gasteiger partial charge is 0.271 e. The normalized spacial score (nSPS) is 11.2. The van der Waals surface area contributed by atoms with E-state index in [1.54, 1.807) is 36.4 Å². The van der Waals surface area contributed by atoms with E-state index in [1.807, 2.05) is 19.1 Å². The number of hydrazone groups is 1. The summed E-state index contributed by atoms with van der Waals surface area (Å²) in [7, 11) is 0. The molecule has 2 aromatic carbocycles. The van der Waals surface area contributed by atoms with Crippen LogP contribution in [0.2, 0.25) is 5.02 Å². The van der Waals surface area contributed by atoms with Crippen molar-refractivity contribution in [3.05, 3.63) is 64.7 Å². The molecule has 0 aromatic heterocycles. The largest absolute Gasteiger partial charge is 0.399 e. The zero-order valence-corrected chi connectivity index (χ0v) is 11.7. The lowest BCUT2D eigenvalue weighted by atomic mass is 10.1. The summed E-state index contributed by atoms with van der Waals surface area (Å²) in [6.45, 7) is 1.81. The minimum absolute atomic E-state index is 0.279. The Morgan fingerprint density at radius 1 is 1.05 bits per heavy atom. The molecular formula is C15H14ClN3O. The third-order valence-electron chi connectivity index (χ3n) is 2.76. The number of carbonyl (C=O) groups excluding carboxylic acids is 1. The number of nitrogens with two attached hydrogens (primary N) is 1. The summed E-state index contributed by atoms with van der Waals surface area (Å²) in [5.41, 5.74) is 10.8. The molecule has 0 saturated carbocycles. The number of amides is 1. The fourth-order valence-electron chi connectivity index (χ4n) is 1.59. The third kappa shape index (κ3) is 3.59. The predicted molar refractivity (Wildman–Crippen MR) is 82.0 cm³/mol. The van der Waals surface area contributed by atoms with Gasteiger partial charge < -0.3 is 5.73 Å². The zero-order valence-electron chi connectivity index (χ0n) is 10.9. The summed E-state index contributed by atoms with van der Waals surface area (Å²) in [5.74, 6) is -0.279. The lowest BCUT2D eigenvalue weighted by Gasteiger charge is -2.03. The van der Waals surface area contributed by atoms with Crippen LogP contribution in [0.1, 0.15) is 22.8 Å². The lowest BCUT2D eigenvalue weighted by Crippen LogP contribution is -2.19. The molecule has 0 saturated heterocycles. The van der Waals surface area contributed by atoms with Crippen LogP contribution in [0, 0.1) is 0 Å². The molecule has 0 aliphatic carbocycles. The van der Waals surface area contributed by atoms with Gasteiger partial charge in [0.05, 0.1) is 5.71 Å². The van der Waals surface area contributed by atoms with Crippen LogP contribution in [0.3, 0.4) is 0 Å². The van der Waals surface area contributed by atoms with Gasteiger partial charge in [0, 0.05) is 16.3 Å². The van der Waals surface area contributed by atoms with E-state index in [9.17, 15) is 4.79 Å². The van der Waals surface area contributed by atoms with Crippen LogP contribution in [0.5, 0.6) is 0 Å². The van der Waals surface area contributed by atoms with E-state index in [1.165, 1.54) is 0 Å². The second kappa shape index (κ2) is 6.21. The molecule has 3 N–H and O–H groups in total. The minimum atomic E-state index is -0.279. The van der Waals surface area contributed by atoms with Crippen LogP contribution < -0.4 is 11.2 Å². The average molecular weight is 288 g/mol. The van der Waals surface area contributed by atoms with Gasteiger partial charge in [-0.3, -0.25) is 4.79 Å². The number of carbonyl (C=O) groups is 1. The second-order valence-electron chi connectivity index (χ2n) is 4.27. The van der Waals surface area contributed by atoms with Gasteiger partial charge >= 0.3 is 0 Å². The van der Waals surface area contributed by atoms with Crippen LogP contribution >= 0.6 is 11.6 Å². The van der Waals surface area contributed by atoms with Crippen molar-refractivity contribution in [2.24, 2.45) is 5.10 Å². The standard InChI is InChI=1S/C15H14ClN3O/c1-10(11-2-6-13(16)7-3-11)18-19-15(20)12-4-8-14(17)9-5-12/h2-9H,17H2,1H3,(H,19,20). The van der Waals surface area contributed by atoms with Gasteiger partial charge in [0.15, 0.2) is 0 Å².